The van der Waals surface area contributed by atoms with Gasteiger partial charge in [0.1, 0.15) is 5.75 Å². The van der Waals surface area contributed by atoms with E-state index in [-0.39, 0.29) is 4.90 Å². The van der Waals surface area contributed by atoms with Crippen molar-refractivity contribution < 1.29 is 13.2 Å². The van der Waals surface area contributed by atoms with Gasteiger partial charge in [0.2, 0.25) is 0 Å². The number of benzene rings is 2. The van der Waals surface area contributed by atoms with Crippen LogP contribution < -0.4 is 4.74 Å². The van der Waals surface area contributed by atoms with E-state index in [0.29, 0.717) is 5.69 Å². The molecular weight excluding hydrogens is 360 g/mol. The molecular formula is C21H20N2O3S. The summed E-state index contributed by atoms with van der Waals surface area (Å²) in [5.41, 5.74) is 3.48. The van der Waals surface area contributed by atoms with Crippen LogP contribution in [0, 0.1) is 6.92 Å². The predicted octanol–water partition coefficient (Wildman–Crippen LogP) is 4.20. The average Bonchev–Trinajstić information content (AvgIpc) is 3.27. The first-order valence-electron chi connectivity index (χ1n) is 8.55. The number of rotatable bonds is 4. The molecule has 0 aliphatic rings. The summed E-state index contributed by atoms with van der Waals surface area (Å²) >= 11 is 0. The maximum absolute atomic E-state index is 13.2. The van der Waals surface area contributed by atoms with Crippen molar-refractivity contribution in [2.75, 3.05) is 7.11 Å². The number of aryl methyl sites for hydroxylation is 2. The van der Waals surface area contributed by atoms with E-state index < -0.39 is 10.0 Å². The van der Waals surface area contributed by atoms with E-state index in [9.17, 15) is 8.42 Å². The standard InChI is InChI=1S/C21H20N2O3S/c1-15-6-9-17(10-7-15)27(24,25)23-12-4-5-21(23)19-14-22(2)20-11-8-16(26-3)13-18(19)20/h4-14H,1-3H3. The average molecular weight is 380 g/mol. The van der Waals surface area contributed by atoms with Crippen LogP contribution in [0.4, 0.5) is 0 Å². The molecule has 0 unspecified atom stereocenters. The highest BCUT2D eigenvalue weighted by Crippen LogP contribution is 2.34. The predicted molar refractivity (Wildman–Crippen MR) is 107 cm³/mol. The van der Waals surface area contributed by atoms with Gasteiger partial charge in [-0.1, -0.05) is 17.7 Å². The van der Waals surface area contributed by atoms with Crippen LogP contribution in [-0.2, 0) is 17.1 Å². The zero-order valence-corrected chi connectivity index (χ0v) is 16.2. The third kappa shape index (κ3) is 2.82. The fraction of sp³-hybridized carbons (Fsp3) is 0.143. The van der Waals surface area contributed by atoms with Gasteiger partial charge in [0.05, 0.1) is 17.7 Å². The Kier molecular flexibility index (Phi) is 4.08. The van der Waals surface area contributed by atoms with Gasteiger partial charge in [-0.2, -0.15) is 0 Å². The molecule has 0 radical (unpaired) electrons. The highest BCUT2D eigenvalue weighted by molar-refractivity contribution is 7.90. The second-order valence-corrected chi connectivity index (χ2v) is 8.36. The van der Waals surface area contributed by atoms with Crippen molar-refractivity contribution in [2.24, 2.45) is 7.05 Å². The molecule has 2 aromatic carbocycles. The van der Waals surface area contributed by atoms with E-state index in [0.717, 1.165) is 27.8 Å². The van der Waals surface area contributed by atoms with Crippen LogP contribution in [0.2, 0.25) is 0 Å². The van der Waals surface area contributed by atoms with E-state index in [4.69, 9.17) is 4.74 Å². The first kappa shape index (κ1) is 17.4. The Balaban J connectivity index is 1.93. The summed E-state index contributed by atoms with van der Waals surface area (Å²) in [6, 6.07) is 16.3. The zero-order valence-electron chi connectivity index (χ0n) is 15.4. The number of hydrogen-bond acceptors (Lipinski definition) is 3. The SMILES string of the molecule is COc1ccc2c(c1)c(-c1cccn1S(=O)(=O)c1ccc(C)cc1)cn2C. The Labute approximate surface area is 158 Å². The van der Waals surface area contributed by atoms with E-state index >= 15 is 0 Å². The van der Waals surface area contributed by atoms with E-state index in [1.165, 1.54) is 3.97 Å². The summed E-state index contributed by atoms with van der Waals surface area (Å²) in [5, 5.41) is 0.941. The van der Waals surface area contributed by atoms with Gasteiger partial charge >= 0.3 is 0 Å². The normalized spacial score (nSPS) is 11.8. The van der Waals surface area contributed by atoms with Crippen LogP contribution in [0.15, 0.2) is 71.9 Å². The molecule has 0 amide bonds. The minimum Gasteiger partial charge on any atom is -0.497 e. The minimum absolute atomic E-state index is 0.267. The molecule has 5 nitrogen and oxygen atoms in total. The van der Waals surface area contributed by atoms with Crippen molar-refractivity contribution >= 4 is 20.9 Å². The van der Waals surface area contributed by atoms with Gasteiger partial charge in [-0.3, -0.25) is 0 Å². The lowest BCUT2D eigenvalue weighted by atomic mass is 10.1. The number of nitrogens with zero attached hydrogens (tertiary/aromatic N) is 2. The van der Waals surface area contributed by atoms with Gasteiger partial charge < -0.3 is 9.30 Å². The lowest BCUT2D eigenvalue weighted by molar-refractivity contribution is 0.415. The first-order valence-corrected chi connectivity index (χ1v) is 9.99. The summed E-state index contributed by atoms with van der Waals surface area (Å²) < 4.78 is 35.1. The molecule has 0 bridgehead atoms. The number of aromatic nitrogens is 2. The summed E-state index contributed by atoms with van der Waals surface area (Å²) in [6.45, 7) is 1.93. The number of hydrogen-bond donors (Lipinski definition) is 0. The van der Waals surface area contributed by atoms with Gasteiger partial charge in [0.15, 0.2) is 0 Å². The minimum atomic E-state index is -3.69. The van der Waals surface area contributed by atoms with E-state index in [2.05, 4.69) is 0 Å². The third-order valence-electron chi connectivity index (χ3n) is 4.76. The van der Waals surface area contributed by atoms with E-state index in [1.807, 2.05) is 49.0 Å². The Bertz CT molecular complexity index is 1230. The Morgan fingerprint density at radius 1 is 1.00 bits per heavy atom. The lowest BCUT2D eigenvalue weighted by Gasteiger charge is -2.11. The maximum Gasteiger partial charge on any atom is 0.268 e. The zero-order chi connectivity index (χ0) is 19.2. The Morgan fingerprint density at radius 3 is 2.44 bits per heavy atom. The van der Waals surface area contributed by atoms with Crippen LogP contribution in [0.1, 0.15) is 5.56 Å². The van der Waals surface area contributed by atoms with Gasteiger partial charge in [-0.25, -0.2) is 12.4 Å². The van der Waals surface area contributed by atoms with Crippen LogP contribution in [-0.4, -0.2) is 24.1 Å². The Morgan fingerprint density at radius 2 is 1.74 bits per heavy atom. The molecule has 4 aromatic rings. The van der Waals surface area contributed by atoms with E-state index in [1.54, 1.807) is 43.6 Å². The molecule has 0 saturated heterocycles. The molecule has 2 heterocycles. The smallest absolute Gasteiger partial charge is 0.268 e. The van der Waals surface area contributed by atoms with Crippen molar-refractivity contribution in [3.63, 3.8) is 0 Å². The summed E-state index contributed by atoms with van der Waals surface area (Å²) in [5.74, 6) is 0.731. The highest BCUT2D eigenvalue weighted by Gasteiger charge is 2.22. The summed E-state index contributed by atoms with van der Waals surface area (Å²) in [7, 11) is -0.126. The van der Waals surface area contributed by atoms with Gasteiger partial charge in [-0.05, 0) is 49.4 Å². The van der Waals surface area contributed by atoms with Crippen LogP contribution in [0.3, 0.4) is 0 Å². The summed E-state index contributed by atoms with van der Waals surface area (Å²) in [4.78, 5) is 0.267. The van der Waals surface area contributed by atoms with Crippen LogP contribution in [0.5, 0.6) is 5.75 Å². The molecule has 0 aliphatic carbocycles. The number of fused-ring (bicyclic) bond motifs is 1. The summed E-state index contributed by atoms with van der Waals surface area (Å²) in [6.07, 6.45) is 3.53. The molecule has 0 aliphatic heterocycles. The number of methoxy groups -OCH3 is 1. The lowest BCUT2D eigenvalue weighted by Crippen LogP contribution is -2.13. The molecule has 4 rings (SSSR count). The van der Waals surface area contributed by atoms with Gasteiger partial charge in [-0.15, -0.1) is 0 Å². The molecule has 0 saturated carbocycles. The van der Waals surface area contributed by atoms with Crippen molar-refractivity contribution in [1.29, 1.82) is 0 Å². The monoisotopic (exact) mass is 380 g/mol. The Hall–Kier alpha value is -2.99. The van der Waals surface area contributed by atoms with Crippen LogP contribution >= 0.6 is 0 Å². The topological polar surface area (TPSA) is 53.2 Å². The molecule has 27 heavy (non-hydrogen) atoms. The quantitative estimate of drug-likeness (QED) is 0.533. The van der Waals surface area contributed by atoms with Crippen LogP contribution in [0.25, 0.3) is 22.2 Å². The number of ether oxygens (including phenoxy) is 1. The fourth-order valence-electron chi connectivity index (χ4n) is 3.31. The largest absolute Gasteiger partial charge is 0.497 e. The molecule has 0 N–H and O–H groups in total. The van der Waals surface area contributed by atoms with Gasteiger partial charge in [0.25, 0.3) is 10.0 Å². The van der Waals surface area contributed by atoms with Gasteiger partial charge in [0, 0.05) is 35.9 Å². The molecule has 0 fully saturated rings. The third-order valence-corrected chi connectivity index (χ3v) is 6.47. The van der Waals surface area contributed by atoms with Crippen molar-refractivity contribution in [3.05, 3.63) is 72.6 Å². The molecule has 0 atom stereocenters. The fourth-order valence-corrected chi connectivity index (χ4v) is 4.67. The second kappa shape index (κ2) is 6.32. The van der Waals surface area contributed by atoms with Crippen molar-refractivity contribution in [1.82, 2.24) is 8.54 Å². The van der Waals surface area contributed by atoms with Crippen molar-refractivity contribution in [3.8, 4) is 17.0 Å². The first-order chi connectivity index (χ1) is 12.9. The maximum atomic E-state index is 13.2. The second-order valence-electron chi connectivity index (χ2n) is 6.54. The molecule has 6 heteroatoms. The highest BCUT2D eigenvalue weighted by atomic mass is 32.2. The molecule has 0 spiro atoms. The van der Waals surface area contributed by atoms with Crippen molar-refractivity contribution in [2.45, 2.75) is 11.8 Å². The molecule has 2 aromatic heterocycles. The molecule has 138 valence electrons.